The van der Waals surface area contributed by atoms with Gasteiger partial charge in [-0.15, -0.1) is 11.6 Å². The van der Waals surface area contributed by atoms with Crippen LogP contribution in [0.25, 0.3) is 0 Å². The van der Waals surface area contributed by atoms with E-state index in [9.17, 15) is 22.4 Å². The number of hydrogen-bond acceptors (Lipinski definition) is 3. The van der Waals surface area contributed by atoms with Crippen molar-refractivity contribution in [1.82, 2.24) is 0 Å². The molecule has 0 fully saturated rings. The third kappa shape index (κ3) is 7.00. The molecule has 0 saturated heterocycles. The van der Waals surface area contributed by atoms with Crippen molar-refractivity contribution in [3.63, 3.8) is 0 Å². The molecule has 0 bridgehead atoms. The summed E-state index contributed by atoms with van der Waals surface area (Å²) in [5.74, 6) is -4.91. The molecule has 0 radical (unpaired) electrons. The van der Waals surface area contributed by atoms with E-state index < -0.39 is 37.6 Å². The Kier molecular flexibility index (Phi) is 8.26. The van der Waals surface area contributed by atoms with E-state index in [0.717, 1.165) is 0 Å². The Labute approximate surface area is 107 Å². The molecule has 3 nitrogen and oxygen atoms in total. The van der Waals surface area contributed by atoms with Crippen LogP contribution in [0, 0.1) is 0 Å². The first-order chi connectivity index (χ1) is 8.33. The number of alkyl halides is 5. The molecule has 0 aliphatic carbocycles. The van der Waals surface area contributed by atoms with Crippen LogP contribution in [-0.4, -0.2) is 43.5 Å². The quantitative estimate of drug-likeness (QED) is 0.373. The van der Waals surface area contributed by atoms with Crippen molar-refractivity contribution >= 4 is 17.6 Å². The van der Waals surface area contributed by atoms with Crippen LogP contribution in [0.5, 0.6) is 0 Å². The first kappa shape index (κ1) is 17.4. The molecule has 0 aromatic rings. The first-order valence-corrected chi connectivity index (χ1v) is 5.86. The second-order valence-corrected chi connectivity index (χ2v) is 3.90. The third-order valence-electron chi connectivity index (χ3n) is 1.84. The Hall–Kier alpha value is -0.560. The van der Waals surface area contributed by atoms with Crippen molar-refractivity contribution in [1.29, 1.82) is 0 Å². The minimum atomic E-state index is -4.22. The summed E-state index contributed by atoms with van der Waals surface area (Å²) in [6.45, 7) is -0.124. The smallest absolute Gasteiger partial charge is 0.330 e. The number of rotatable bonds is 9. The summed E-state index contributed by atoms with van der Waals surface area (Å²) in [5, 5.41) is 0. The van der Waals surface area contributed by atoms with Crippen LogP contribution in [0.15, 0.2) is 0 Å². The number of halogens is 5. The number of carbonyl (C=O) groups excluding carboxylic acids is 1. The predicted molar refractivity (Wildman–Crippen MR) is 57.3 cm³/mol. The summed E-state index contributed by atoms with van der Waals surface area (Å²) < 4.78 is 57.7. The van der Waals surface area contributed by atoms with Crippen LogP contribution in [0.3, 0.4) is 0 Å². The van der Waals surface area contributed by atoms with Crippen LogP contribution >= 0.6 is 11.6 Å². The minimum Gasteiger partial charge on any atom is -0.459 e. The molecule has 0 N–H and O–H groups in total. The maximum absolute atomic E-state index is 12.5. The number of hydrogen-bond donors (Lipinski definition) is 0. The second-order valence-electron chi connectivity index (χ2n) is 3.59. The van der Waals surface area contributed by atoms with Gasteiger partial charge in [-0.05, 0) is 6.42 Å². The SMILES string of the molecule is CCCC(=O)OC(CCl)COCC(F)(F)C(F)F. The monoisotopic (exact) mass is 294 g/mol. The zero-order valence-electron chi connectivity index (χ0n) is 9.80. The molecule has 108 valence electrons. The van der Waals surface area contributed by atoms with Crippen molar-refractivity contribution in [3.05, 3.63) is 0 Å². The zero-order valence-corrected chi connectivity index (χ0v) is 10.6. The molecule has 0 aromatic heterocycles. The van der Waals surface area contributed by atoms with E-state index in [4.69, 9.17) is 16.3 Å². The van der Waals surface area contributed by atoms with E-state index >= 15 is 0 Å². The Morgan fingerprint density at radius 3 is 2.44 bits per heavy atom. The van der Waals surface area contributed by atoms with Crippen molar-refractivity contribution < 1.29 is 31.8 Å². The van der Waals surface area contributed by atoms with E-state index in [1.54, 1.807) is 6.92 Å². The normalized spacial score (nSPS) is 13.7. The van der Waals surface area contributed by atoms with Gasteiger partial charge in [0.2, 0.25) is 0 Å². The van der Waals surface area contributed by atoms with Gasteiger partial charge in [-0.25, -0.2) is 8.78 Å². The van der Waals surface area contributed by atoms with Gasteiger partial charge in [0.05, 0.1) is 12.5 Å². The summed E-state index contributed by atoms with van der Waals surface area (Å²) in [4.78, 5) is 11.1. The summed E-state index contributed by atoms with van der Waals surface area (Å²) in [6.07, 6.45) is -3.98. The van der Waals surface area contributed by atoms with E-state index in [1.807, 2.05) is 0 Å². The highest BCUT2D eigenvalue weighted by Crippen LogP contribution is 2.22. The lowest BCUT2D eigenvalue weighted by molar-refractivity contribution is -0.175. The summed E-state index contributed by atoms with van der Waals surface area (Å²) >= 11 is 5.43. The van der Waals surface area contributed by atoms with Gasteiger partial charge in [-0.1, -0.05) is 6.92 Å². The molecule has 0 saturated carbocycles. The average molecular weight is 295 g/mol. The maximum atomic E-state index is 12.5. The molecule has 0 rings (SSSR count). The van der Waals surface area contributed by atoms with Crippen LogP contribution in [0.2, 0.25) is 0 Å². The highest BCUT2D eigenvalue weighted by molar-refractivity contribution is 6.18. The first-order valence-electron chi connectivity index (χ1n) is 5.32. The summed E-state index contributed by atoms with van der Waals surface area (Å²) in [7, 11) is 0. The van der Waals surface area contributed by atoms with E-state index in [-0.39, 0.29) is 12.3 Å². The number of ether oxygens (including phenoxy) is 2. The molecule has 0 aliphatic heterocycles. The Balaban J connectivity index is 3.98. The Bertz CT molecular complexity index is 251. The van der Waals surface area contributed by atoms with Crippen LogP contribution < -0.4 is 0 Å². The van der Waals surface area contributed by atoms with Crippen LogP contribution in [0.4, 0.5) is 17.6 Å². The Morgan fingerprint density at radius 1 is 1.39 bits per heavy atom. The minimum absolute atomic E-state index is 0.157. The summed E-state index contributed by atoms with van der Waals surface area (Å²) in [6, 6.07) is 0. The molecule has 0 amide bonds. The predicted octanol–water partition coefficient (Wildman–Crippen LogP) is 2.85. The fourth-order valence-electron chi connectivity index (χ4n) is 0.948. The van der Waals surface area contributed by atoms with Gasteiger partial charge in [0, 0.05) is 6.42 Å². The van der Waals surface area contributed by atoms with Gasteiger partial charge < -0.3 is 9.47 Å². The van der Waals surface area contributed by atoms with Crippen molar-refractivity contribution in [2.75, 3.05) is 19.1 Å². The maximum Gasteiger partial charge on any atom is 0.330 e. The van der Waals surface area contributed by atoms with Crippen molar-refractivity contribution in [3.8, 4) is 0 Å². The van der Waals surface area contributed by atoms with Gasteiger partial charge in [0.15, 0.2) is 0 Å². The molecular weight excluding hydrogens is 280 g/mol. The zero-order chi connectivity index (χ0) is 14.2. The highest BCUT2D eigenvalue weighted by Gasteiger charge is 2.41. The average Bonchev–Trinajstić information content (AvgIpc) is 2.27. The fraction of sp³-hybridized carbons (Fsp3) is 0.900. The van der Waals surface area contributed by atoms with Gasteiger partial charge in [0.1, 0.15) is 12.7 Å². The molecule has 0 aliphatic rings. The van der Waals surface area contributed by atoms with Crippen LogP contribution in [0.1, 0.15) is 19.8 Å². The molecule has 8 heteroatoms. The van der Waals surface area contributed by atoms with Crippen molar-refractivity contribution in [2.45, 2.75) is 38.2 Å². The van der Waals surface area contributed by atoms with E-state index in [1.165, 1.54) is 0 Å². The molecule has 18 heavy (non-hydrogen) atoms. The molecule has 0 aromatic carbocycles. The largest absolute Gasteiger partial charge is 0.459 e. The van der Waals surface area contributed by atoms with E-state index in [0.29, 0.717) is 6.42 Å². The molecule has 1 unspecified atom stereocenters. The number of esters is 1. The van der Waals surface area contributed by atoms with Gasteiger partial charge in [-0.3, -0.25) is 4.79 Å². The van der Waals surface area contributed by atoms with Gasteiger partial charge >= 0.3 is 18.3 Å². The molecule has 0 heterocycles. The fourth-order valence-corrected chi connectivity index (χ4v) is 1.10. The molecule has 0 spiro atoms. The van der Waals surface area contributed by atoms with Gasteiger partial charge in [0.25, 0.3) is 0 Å². The molecular formula is C10H15ClF4O3. The lowest BCUT2D eigenvalue weighted by atomic mass is 10.3. The standard InChI is InChI=1S/C10H15ClF4O3/c1-2-3-8(16)18-7(4-11)5-17-6-10(14,15)9(12)13/h7,9H,2-6H2,1H3. The number of carbonyl (C=O) groups is 1. The van der Waals surface area contributed by atoms with Gasteiger partial charge in [-0.2, -0.15) is 8.78 Å². The third-order valence-corrected chi connectivity index (χ3v) is 2.19. The second kappa shape index (κ2) is 8.53. The highest BCUT2D eigenvalue weighted by atomic mass is 35.5. The van der Waals surface area contributed by atoms with Crippen molar-refractivity contribution in [2.24, 2.45) is 0 Å². The van der Waals surface area contributed by atoms with Crippen LogP contribution in [-0.2, 0) is 14.3 Å². The summed E-state index contributed by atoms with van der Waals surface area (Å²) in [5.41, 5.74) is 0. The topological polar surface area (TPSA) is 35.5 Å². The molecule has 1 atom stereocenters. The Morgan fingerprint density at radius 2 is 2.00 bits per heavy atom. The lowest BCUT2D eigenvalue weighted by Crippen LogP contribution is -2.35. The lowest BCUT2D eigenvalue weighted by Gasteiger charge is -2.18. The van der Waals surface area contributed by atoms with E-state index in [2.05, 4.69) is 4.74 Å².